The summed E-state index contributed by atoms with van der Waals surface area (Å²) in [5.74, 6) is 0. The summed E-state index contributed by atoms with van der Waals surface area (Å²) in [5, 5.41) is 6.01. The zero-order valence-electron chi connectivity index (χ0n) is 4.58. The van der Waals surface area contributed by atoms with Gasteiger partial charge in [0.25, 0.3) is 0 Å². The lowest BCUT2D eigenvalue weighted by Gasteiger charge is -1.98. The van der Waals surface area contributed by atoms with E-state index in [1.165, 1.54) is 0 Å². The Balaban J connectivity index is 2.75. The normalized spacial score (nSPS) is 8.50. The zero-order chi connectivity index (χ0) is 4.99. The van der Waals surface area contributed by atoms with Gasteiger partial charge in [-0.1, -0.05) is 6.82 Å². The van der Waals surface area contributed by atoms with Gasteiger partial charge >= 0.3 is 6.98 Å². The summed E-state index contributed by atoms with van der Waals surface area (Å²) in [6.45, 7) is 2.49. The van der Waals surface area contributed by atoms with Crippen LogP contribution in [0.15, 0.2) is 0 Å². The van der Waals surface area contributed by atoms with Gasteiger partial charge in [-0.3, -0.25) is 0 Å². The minimum atomic E-state index is 0.435. The van der Waals surface area contributed by atoms with E-state index in [1.54, 1.807) is 0 Å². The summed E-state index contributed by atoms with van der Waals surface area (Å²) in [4.78, 5) is 0. The molecule has 0 heterocycles. The molecule has 0 amide bonds. The van der Waals surface area contributed by atoms with Crippen molar-refractivity contribution in [3.63, 3.8) is 0 Å². The maximum Gasteiger partial charge on any atom is 0.301 e. The van der Waals surface area contributed by atoms with Crippen molar-refractivity contribution in [2.45, 2.75) is 6.82 Å². The van der Waals surface area contributed by atoms with Crippen molar-refractivity contribution in [1.82, 2.24) is 10.5 Å². The molecule has 2 N–H and O–H groups in total. The van der Waals surface area contributed by atoms with Gasteiger partial charge in [-0.2, -0.15) is 0 Å². The van der Waals surface area contributed by atoms with Crippen LogP contribution in [0.4, 0.5) is 0 Å². The van der Waals surface area contributed by atoms with Crippen molar-refractivity contribution >= 4 is 6.98 Å². The highest BCUT2D eigenvalue weighted by Gasteiger charge is 1.94. The van der Waals surface area contributed by atoms with Crippen LogP contribution in [0.3, 0.4) is 0 Å². The topological polar surface area (TPSA) is 24.1 Å². The summed E-state index contributed by atoms with van der Waals surface area (Å²) in [7, 11) is 3.84. The maximum absolute atomic E-state index is 3.00. The van der Waals surface area contributed by atoms with Crippen molar-refractivity contribution in [2.24, 2.45) is 0 Å². The first-order valence-corrected chi connectivity index (χ1v) is 2.15. The van der Waals surface area contributed by atoms with Gasteiger partial charge in [-0.05, 0) is 14.1 Å². The molecule has 0 aliphatic rings. The predicted molar refractivity (Wildman–Crippen MR) is 29.7 cm³/mol. The minimum absolute atomic E-state index is 0.435. The first-order chi connectivity index (χ1) is 2.81. The largest absolute Gasteiger partial charge is 0.345 e. The third kappa shape index (κ3) is 2.24. The van der Waals surface area contributed by atoms with Gasteiger partial charge in [0, 0.05) is 0 Å². The van der Waals surface area contributed by atoms with E-state index in [1.807, 2.05) is 14.1 Å². The van der Waals surface area contributed by atoms with Crippen molar-refractivity contribution in [1.29, 1.82) is 0 Å². The second-order valence-corrected chi connectivity index (χ2v) is 1.30. The molecule has 0 saturated carbocycles. The SMILES string of the molecule is CNB(C)NC. The van der Waals surface area contributed by atoms with Crippen molar-refractivity contribution < 1.29 is 0 Å². The highest BCUT2D eigenvalue weighted by molar-refractivity contribution is 6.51. The van der Waals surface area contributed by atoms with E-state index in [-0.39, 0.29) is 0 Å². The van der Waals surface area contributed by atoms with Crippen LogP contribution < -0.4 is 10.5 Å². The zero-order valence-corrected chi connectivity index (χ0v) is 4.58. The van der Waals surface area contributed by atoms with Crippen LogP contribution in [0.5, 0.6) is 0 Å². The Morgan fingerprint density at radius 2 is 1.50 bits per heavy atom. The van der Waals surface area contributed by atoms with E-state index in [0.29, 0.717) is 6.98 Å². The van der Waals surface area contributed by atoms with Gasteiger partial charge < -0.3 is 10.5 Å². The van der Waals surface area contributed by atoms with E-state index in [2.05, 4.69) is 17.3 Å². The molecule has 2 nitrogen and oxygen atoms in total. The fourth-order valence-electron chi connectivity index (χ4n) is 0.144. The fourth-order valence-corrected chi connectivity index (χ4v) is 0.144. The molecule has 6 heavy (non-hydrogen) atoms. The maximum atomic E-state index is 3.00. The summed E-state index contributed by atoms with van der Waals surface area (Å²) < 4.78 is 0. The molecule has 0 spiro atoms. The molecular weight excluding hydrogens is 74.9 g/mol. The molecule has 36 valence electrons. The van der Waals surface area contributed by atoms with Crippen molar-refractivity contribution in [3.8, 4) is 0 Å². The van der Waals surface area contributed by atoms with Crippen LogP contribution in [0.25, 0.3) is 0 Å². The summed E-state index contributed by atoms with van der Waals surface area (Å²) in [5.41, 5.74) is 0. The number of nitrogens with one attached hydrogen (secondary N) is 2. The monoisotopic (exact) mass is 86.1 g/mol. The average molecular weight is 85.9 g/mol. The van der Waals surface area contributed by atoms with Crippen LogP contribution in [0, 0.1) is 0 Å². The van der Waals surface area contributed by atoms with Crippen LogP contribution in [-0.4, -0.2) is 21.1 Å². The molecule has 0 unspecified atom stereocenters. The lowest BCUT2D eigenvalue weighted by atomic mass is 9.82. The third-order valence-corrected chi connectivity index (χ3v) is 0.866. The third-order valence-electron chi connectivity index (χ3n) is 0.866. The van der Waals surface area contributed by atoms with Crippen molar-refractivity contribution in [3.05, 3.63) is 0 Å². The lowest BCUT2D eigenvalue weighted by Crippen LogP contribution is -2.39. The molecule has 3 heteroatoms. The summed E-state index contributed by atoms with van der Waals surface area (Å²) >= 11 is 0. The summed E-state index contributed by atoms with van der Waals surface area (Å²) in [6.07, 6.45) is 0. The Labute approximate surface area is 39.4 Å². The Kier molecular flexibility index (Phi) is 3.18. The molecule has 0 rings (SSSR count). The quantitative estimate of drug-likeness (QED) is 0.444. The van der Waals surface area contributed by atoms with Crippen molar-refractivity contribution in [2.75, 3.05) is 14.1 Å². The van der Waals surface area contributed by atoms with Crippen LogP contribution in [0.1, 0.15) is 0 Å². The Hall–Kier alpha value is -0.0151. The highest BCUT2D eigenvalue weighted by atomic mass is 14.9. The smallest absolute Gasteiger partial charge is 0.301 e. The second kappa shape index (κ2) is 3.19. The first kappa shape index (κ1) is 5.98. The van der Waals surface area contributed by atoms with Gasteiger partial charge in [0.05, 0.1) is 0 Å². The van der Waals surface area contributed by atoms with Gasteiger partial charge in [-0.25, -0.2) is 0 Å². The Morgan fingerprint density at radius 1 is 1.17 bits per heavy atom. The van der Waals surface area contributed by atoms with Crippen LogP contribution >= 0.6 is 0 Å². The molecular formula is C3H11BN2. The Morgan fingerprint density at radius 3 is 1.50 bits per heavy atom. The van der Waals surface area contributed by atoms with E-state index >= 15 is 0 Å². The average Bonchev–Trinajstić information content (AvgIpc) is 1.65. The number of hydrogen-bond donors (Lipinski definition) is 2. The van der Waals surface area contributed by atoms with E-state index in [4.69, 9.17) is 0 Å². The lowest BCUT2D eigenvalue weighted by molar-refractivity contribution is 1.08. The number of rotatable bonds is 2. The molecule has 0 atom stereocenters. The fraction of sp³-hybridized carbons (Fsp3) is 1.00. The molecule has 0 aromatic heterocycles. The Bertz CT molecular complexity index is 28.0. The molecule has 0 radical (unpaired) electrons. The van der Waals surface area contributed by atoms with E-state index < -0.39 is 0 Å². The first-order valence-electron chi connectivity index (χ1n) is 2.15. The molecule has 0 saturated heterocycles. The predicted octanol–water partition coefficient (Wildman–Crippen LogP) is -0.457. The summed E-state index contributed by atoms with van der Waals surface area (Å²) in [6, 6.07) is 0. The number of hydrogen-bond acceptors (Lipinski definition) is 2. The molecule has 0 aromatic carbocycles. The van der Waals surface area contributed by atoms with Crippen LogP contribution in [0.2, 0.25) is 6.82 Å². The highest BCUT2D eigenvalue weighted by Crippen LogP contribution is 1.55. The standard InChI is InChI=1S/C3H11BN2/c1-4(5-2)6-3/h5-6H,1-3H3. The molecule has 0 bridgehead atoms. The van der Waals surface area contributed by atoms with Gasteiger partial charge in [0.2, 0.25) is 0 Å². The molecule has 0 aliphatic carbocycles. The second-order valence-electron chi connectivity index (χ2n) is 1.30. The van der Waals surface area contributed by atoms with Gasteiger partial charge in [0.15, 0.2) is 0 Å². The van der Waals surface area contributed by atoms with Gasteiger partial charge in [-0.15, -0.1) is 0 Å². The van der Waals surface area contributed by atoms with E-state index in [9.17, 15) is 0 Å². The minimum Gasteiger partial charge on any atom is -0.345 e. The van der Waals surface area contributed by atoms with Crippen LogP contribution in [-0.2, 0) is 0 Å². The molecule has 0 aromatic rings. The molecule has 0 aliphatic heterocycles. The van der Waals surface area contributed by atoms with Gasteiger partial charge in [0.1, 0.15) is 0 Å². The molecule has 0 fully saturated rings. The van der Waals surface area contributed by atoms with E-state index in [0.717, 1.165) is 0 Å².